The van der Waals surface area contributed by atoms with Crippen LogP contribution in [0.5, 0.6) is 11.5 Å². The average molecular weight is 293 g/mol. The number of benzene rings is 1. The van der Waals surface area contributed by atoms with Crippen LogP contribution in [0, 0.1) is 0 Å². The first-order valence-electron chi connectivity index (χ1n) is 7.78. The summed E-state index contributed by atoms with van der Waals surface area (Å²) in [6, 6.07) is 6.22. The molecule has 0 aromatic heterocycles. The topological polar surface area (TPSA) is 50.7 Å². The van der Waals surface area contributed by atoms with E-state index in [1.165, 1.54) is 0 Å². The maximum Gasteiger partial charge on any atom is 0.124 e. The predicted octanol–water partition coefficient (Wildman–Crippen LogP) is 2.88. The molecule has 1 aromatic rings. The molecule has 4 nitrogen and oxygen atoms in total. The Kier molecular flexibility index (Phi) is 5.48. The van der Waals surface area contributed by atoms with Crippen molar-refractivity contribution in [1.29, 1.82) is 0 Å². The van der Waals surface area contributed by atoms with Crippen LogP contribution in [0.4, 0.5) is 0 Å². The van der Waals surface area contributed by atoms with Crippen LogP contribution >= 0.6 is 0 Å². The van der Waals surface area contributed by atoms with E-state index in [2.05, 4.69) is 19.2 Å². The van der Waals surface area contributed by atoms with Crippen molar-refractivity contribution in [2.75, 3.05) is 13.7 Å². The monoisotopic (exact) mass is 293 g/mol. The minimum absolute atomic E-state index is 0.369. The quantitative estimate of drug-likeness (QED) is 0.811. The van der Waals surface area contributed by atoms with Gasteiger partial charge in [-0.3, -0.25) is 0 Å². The van der Waals surface area contributed by atoms with E-state index in [1.807, 2.05) is 18.2 Å². The van der Waals surface area contributed by atoms with E-state index in [4.69, 9.17) is 9.47 Å². The van der Waals surface area contributed by atoms with Gasteiger partial charge in [-0.05, 0) is 31.0 Å². The largest absolute Gasteiger partial charge is 0.497 e. The molecule has 1 saturated carbocycles. The molecule has 118 valence electrons. The third kappa shape index (κ3) is 4.61. The van der Waals surface area contributed by atoms with Gasteiger partial charge in [0, 0.05) is 18.2 Å². The van der Waals surface area contributed by atoms with E-state index in [0.717, 1.165) is 49.3 Å². The van der Waals surface area contributed by atoms with Crippen molar-refractivity contribution < 1.29 is 14.6 Å². The number of hydrogen-bond donors (Lipinski definition) is 2. The Morgan fingerprint density at radius 1 is 1.29 bits per heavy atom. The van der Waals surface area contributed by atoms with Crippen LogP contribution in [0.2, 0.25) is 0 Å². The average Bonchev–Trinajstić information content (AvgIpc) is 2.90. The molecule has 4 heteroatoms. The Bertz CT molecular complexity index is 453. The van der Waals surface area contributed by atoms with Gasteiger partial charge in [0.1, 0.15) is 18.1 Å². The van der Waals surface area contributed by atoms with E-state index in [1.54, 1.807) is 7.11 Å². The SMILES string of the molecule is COc1ccc(OCC2(O)CCCC2)c(CNC(C)C)c1. The van der Waals surface area contributed by atoms with Gasteiger partial charge in [0.05, 0.1) is 12.7 Å². The molecule has 0 spiro atoms. The molecule has 1 aliphatic carbocycles. The Morgan fingerprint density at radius 2 is 2.00 bits per heavy atom. The third-order valence-corrected chi connectivity index (χ3v) is 4.00. The second-order valence-electron chi connectivity index (χ2n) is 6.23. The molecular weight excluding hydrogens is 266 g/mol. The molecule has 1 fully saturated rings. The molecule has 1 aliphatic rings. The maximum atomic E-state index is 10.4. The number of nitrogens with one attached hydrogen (secondary N) is 1. The zero-order valence-electron chi connectivity index (χ0n) is 13.3. The van der Waals surface area contributed by atoms with E-state index in [9.17, 15) is 5.11 Å². The smallest absolute Gasteiger partial charge is 0.124 e. The summed E-state index contributed by atoms with van der Waals surface area (Å²) in [5.41, 5.74) is 0.410. The van der Waals surface area contributed by atoms with Gasteiger partial charge in [-0.25, -0.2) is 0 Å². The maximum absolute atomic E-state index is 10.4. The Morgan fingerprint density at radius 3 is 2.62 bits per heavy atom. The highest BCUT2D eigenvalue weighted by Crippen LogP contribution is 2.31. The van der Waals surface area contributed by atoms with Crippen LogP contribution in [-0.4, -0.2) is 30.5 Å². The van der Waals surface area contributed by atoms with Crippen molar-refractivity contribution >= 4 is 0 Å². The molecule has 0 bridgehead atoms. The Balaban J connectivity index is 2.05. The van der Waals surface area contributed by atoms with Crippen molar-refractivity contribution in [3.8, 4) is 11.5 Å². The fourth-order valence-corrected chi connectivity index (χ4v) is 2.67. The van der Waals surface area contributed by atoms with Crippen LogP contribution in [0.25, 0.3) is 0 Å². The minimum atomic E-state index is -0.650. The lowest BCUT2D eigenvalue weighted by molar-refractivity contribution is 0.00109. The Hall–Kier alpha value is -1.26. The molecule has 2 N–H and O–H groups in total. The van der Waals surface area contributed by atoms with Crippen LogP contribution in [-0.2, 0) is 6.54 Å². The van der Waals surface area contributed by atoms with Crippen LogP contribution in [0.1, 0.15) is 45.1 Å². The van der Waals surface area contributed by atoms with E-state index < -0.39 is 5.60 Å². The van der Waals surface area contributed by atoms with Crippen molar-refractivity contribution in [2.45, 2.75) is 57.7 Å². The number of aliphatic hydroxyl groups is 1. The summed E-state index contributed by atoms with van der Waals surface area (Å²) in [7, 11) is 1.66. The van der Waals surface area contributed by atoms with E-state index >= 15 is 0 Å². The van der Waals surface area contributed by atoms with Gasteiger partial charge in [-0.15, -0.1) is 0 Å². The van der Waals surface area contributed by atoms with Gasteiger partial charge in [0.25, 0.3) is 0 Å². The number of rotatable bonds is 7. The fraction of sp³-hybridized carbons (Fsp3) is 0.647. The first-order chi connectivity index (χ1) is 10.0. The molecule has 2 rings (SSSR count). The van der Waals surface area contributed by atoms with Crippen LogP contribution in [0.3, 0.4) is 0 Å². The summed E-state index contributed by atoms with van der Waals surface area (Å²) in [4.78, 5) is 0. The van der Waals surface area contributed by atoms with Crippen LogP contribution in [0.15, 0.2) is 18.2 Å². The summed E-state index contributed by atoms with van der Waals surface area (Å²) in [6.45, 7) is 5.32. The lowest BCUT2D eigenvalue weighted by Gasteiger charge is -2.23. The van der Waals surface area contributed by atoms with Gasteiger partial charge in [0.2, 0.25) is 0 Å². The zero-order chi connectivity index (χ0) is 15.3. The minimum Gasteiger partial charge on any atom is -0.497 e. The summed E-state index contributed by atoms with van der Waals surface area (Å²) >= 11 is 0. The third-order valence-electron chi connectivity index (χ3n) is 4.00. The number of ether oxygens (including phenoxy) is 2. The number of hydrogen-bond acceptors (Lipinski definition) is 4. The van der Waals surface area contributed by atoms with E-state index in [0.29, 0.717) is 12.6 Å². The second kappa shape index (κ2) is 7.14. The van der Waals surface area contributed by atoms with Gasteiger partial charge >= 0.3 is 0 Å². The molecule has 0 radical (unpaired) electrons. The first-order valence-corrected chi connectivity index (χ1v) is 7.78. The summed E-state index contributed by atoms with van der Waals surface area (Å²) < 4.78 is 11.2. The molecule has 0 aliphatic heterocycles. The van der Waals surface area contributed by atoms with Crippen molar-refractivity contribution in [3.05, 3.63) is 23.8 Å². The standard InChI is InChI=1S/C17H27NO3/c1-13(2)18-11-14-10-15(20-3)6-7-16(14)21-12-17(19)8-4-5-9-17/h6-7,10,13,18-19H,4-5,8-9,11-12H2,1-3H3. The molecule has 0 atom stereocenters. The highest BCUT2D eigenvalue weighted by Gasteiger charge is 2.32. The summed E-state index contributed by atoms with van der Waals surface area (Å²) in [5, 5.41) is 13.8. The van der Waals surface area contributed by atoms with Gasteiger partial charge in [-0.2, -0.15) is 0 Å². The Labute approximate surface area is 127 Å². The highest BCUT2D eigenvalue weighted by atomic mass is 16.5. The molecule has 0 amide bonds. The van der Waals surface area contributed by atoms with Crippen molar-refractivity contribution in [1.82, 2.24) is 5.32 Å². The first kappa shape index (κ1) is 16.1. The lowest BCUT2D eigenvalue weighted by Crippen LogP contribution is -2.32. The van der Waals surface area contributed by atoms with Gasteiger partial charge in [0.15, 0.2) is 0 Å². The highest BCUT2D eigenvalue weighted by molar-refractivity contribution is 5.40. The molecule has 0 unspecified atom stereocenters. The van der Waals surface area contributed by atoms with Crippen molar-refractivity contribution in [3.63, 3.8) is 0 Å². The van der Waals surface area contributed by atoms with E-state index in [-0.39, 0.29) is 0 Å². The van der Waals surface area contributed by atoms with Crippen molar-refractivity contribution in [2.24, 2.45) is 0 Å². The van der Waals surface area contributed by atoms with Gasteiger partial charge in [-0.1, -0.05) is 26.7 Å². The van der Waals surface area contributed by atoms with Gasteiger partial charge < -0.3 is 19.9 Å². The predicted molar refractivity (Wildman–Crippen MR) is 83.9 cm³/mol. The lowest BCUT2D eigenvalue weighted by atomic mass is 10.0. The fourth-order valence-electron chi connectivity index (χ4n) is 2.67. The molecule has 0 saturated heterocycles. The molecule has 0 heterocycles. The molecule has 1 aromatic carbocycles. The zero-order valence-corrected chi connectivity index (χ0v) is 13.3. The van der Waals surface area contributed by atoms with Crippen LogP contribution < -0.4 is 14.8 Å². The molecular formula is C17H27NO3. The second-order valence-corrected chi connectivity index (χ2v) is 6.23. The summed E-state index contributed by atoms with van der Waals surface area (Å²) in [6.07, 6.45) is 3.85. The summed E-state index contributed by atoms with van der Waals surface area (Å²) in [5.74, 6) is 1.65. The molecule has 21 heavy (non-hydrogen) atoms. The normalized spacial score (nSPS) is 17.2. The number of methoxy groups -OCH3 is 1.